The number of non-ortho nitro benzene ring substituents is 1. The molecule has 0 radical (unpaired) electrons. The molecule has 2 aromatic rings. The number of carbonyl (C=O) groups is 1. The Labute approximate surface area is 144 Å². The van der Waals surface area contributed by atoms with Crippen LogP contribution in [0, 0.1) is 30.3 Å². The van der Waals surface area contributed by atoms with E-state index in [1.165, 1.54) is 24.3 Å². The van der Waals surface area contributed by atoms with Crippen molar-refractivity contribution in [2.75, 3.05) is 12.4 Å². The molecule has 0 aromatic heterocycles. The zero-order valence-electron chi connectivity index (χ0n) is 13.1. The van der Waals surface area contributed by atoms with E-state index in [4.69, 9.17) is 0 Å². The van der Waals surface area contributed by atoms with Crippen molar-refractivity contribution in [2.45, 2.75) is 0 Å². The number of nitro benzene ring substituents is 3. The Morgan fingerprint density at radius 2 is 1.50 bits per heavy atom. The average Bonchev–Trinajstić information content (AvgIpc) is 2.60. The summed E-state index contributed by atoms with van der Waals surface area (Å²) in [5.41, 5.74) is -3.20. The third kappa shape index (κ3) is 3.53. The SMILES string of the molecule is COC(=O)c1ccccc1Nc1c([N+](=O)[O-])cc([N+](=O)[O-])cc1[N+](=O)[O-]. The third-order valence-electron chi connectivity index (χ3n) is 3.28. The highest BCUT2D eigenvalue weighted by Gasteiger charge is 2.31. The highest BCUT2D eigenvalue weighted by molar-refractivity contribution is 5.97. The summed E-state index contributed by atoms with van der Waals surface area (Å²) in [5.74, 6) is -0.777. The Kier molecular flexibility index (Phi) is 5.06. The molecule has 12 heteroatoms. The number of anilines is 2. The maximum absolute atomic E-state index is 11.8. The molecule has 0 saturated carbocycles. The minimum atomic E-state index is -0.997. The van der Waals surface area contributed by atoms with Gasteiger partial charge in [-0.15, -0.1) is 0 Å². The van der Waals surface area contributed by atoms with Crippen LogP contribution in [0.4, 0.5) is 28.4 Å². The molecule has 0 aliphatic carbocycles. The van der Waals surface area contributed by atoms with E-state index in [2.05, 4.69) is 10.1 Å². The number of ether oxygens (including phenoxy) is 1. The van der Waals surface area contributed by atoms with Gasteiger partial charge >= 0.3 is 17.3 Å². The zero-order valence-corrected chi connectivity index (χ0v) is 13.1. The lowest BCUT2D eigenvalue weighted by atomic mass is 10.1. The molecular weight excluding hydrogens is 352 g/mol. The van der Waals surface area contributed by atoms with Crippen molar-refractivity contribution < 1.29 is 24.3 Å². The molecule has 0 bridgehead atoms. The monoisotopic (exact) mass is 362 g/mol. The van der Waals surface area contributed by atoms with E-state index in [1.54, 1.807) is 0 Å². The van der Waals surface area contributed by atoms with Crippen molar-refractivity contribution in [3.05, 3.63) is 72.3 Å². The fourth-order valence-electron chi connectivity index (χ4n) is 2.13. The van der Waals surface area contributed by atoms with E-state index < -0.39 is 43.5 Å². The largest absolute Gasteiger partial charge is 0.465 e. The molecule has 0 heterocycles. The molecule has 0 atom stereocenters. The topological polar surface area (TPSA) is 168 Å². The van der Waals surface area contributed by atoms with E-state index in [1.807, 2.05) is 0 Å². The van der Waals surface area contributed by atoms with Crippen LogP contribution >= 0.6 is 0 Å². The summed E-state index contributed by atoms with van der Waals surface area (Å²) in [6.45, 7) is 0. The summed E-state index contributed by atoms with van der Waals surface area (Å²) in [6.07, 6.45) is 0. The van der Waals surface area contributed by atoms with E-state index in [0.717, 1.165) is 7.11 Å². The summed E-state index contributed by atoms with van der Waals surface area (Å²) in [5, 5.41) is 35.9. The lowest BCUT2D eigenvalue weighted by molar-refractivity contribution is -0.401. The average molecular weight is 362 g/mol. The summed E-state index contributed by atoms with van der Waals surface area (Å²) in [6, 6.07) is 6.86. The molecule has 12 nitrogen and oxygen atoms in total. The molecule has 1 N–H and O–H groups in total. The highest BCUT2D eigenvalue weighted by Crippen LogP contribution is 2.40. The molecular formula is C14H10N4O8. The summed E-state index contributed by atoms with van der Waals surface area (Å²) in [4.78, 5) is 42.2. The zero-order chi connectivity index (χ0) is 19.4. The number of esters is 1. The fraction of sp³-hybridized carbons (Fsp3) is 0.0714. The van der Waals surface area contributed by atoms with Crippen LogP contribution in [-0.2, 0) is 4.74 Å². The Morgan fingerprint density at radius 1 is 0.962 bits per heavy atom. The van der Waals surface area contributed by atoms with Gasteiger partial charge in [-0.25, -0.2) is 4.79 Å². The van der Waals surface area contributed by atoms with Crippen LogP contribution in [-0.4, -0.2) is 27.8 Å². The van der Waals surface area contributed by atoms with Gasteiger partial charge in [-0.2, -0.15) is 0 Å². The Bertz CT molecular complexity index is 892. The van der Waals surface area contributed by atoms with Crippen LogP contribution in [0.5, 0.6) is 0 Å². The number of benzene rings is 2. The number of para-hydroxylation sites is 1. The second-order valence-electron chi connectivity index (χ2n) is 4.79. The number of hydrogen-bond acceptors (Lipinski definition) is 9. The van der Waals surface area contributed by atoms with E-state index in [9.17, 15) is 35.1 Å². The maximum Gasteiger partial charge on any atom is 0.339 e. The summed E-state index contributed by atoms with van der Waals surface area (Å²) >= 11 is 0. The number of nitrogens with one attached hydrogen (secondary N) is 1. The molecule has 0 aliphatic rings. The third-order valence-corrected chi connectivity index (χ3v) is 3.28. The maximum atomic E-state index is 11.8. The predicted molar refractivity (Wildman–Crippen MR) is 87.5 cm³/mol. The second kappa shape index (κ2) is 7.21. The first kappa shape index (κ1) is 18.3. The molecule has 26 heavy (non-hydrogen) atoms. The molecule has 2 aromatic carbocycles. The van der Waals surface area contributed by atoms with Crippen molar-refractivity contribution in [3.8, 4) is 0 Å². The number of rotatable bonds is 6. The van der Waals surface area contributed by atoms with Crippen LogP contribution in [0.2, 0.25) is 0 Å². The summed E-state index contributed by atoms with van der Waals surface area (Å²) < 4.78 is 4.58. The Morgan fingerprint density at radius 3 is 1.96 bits per heavy atom. The van der Waals surface area contributed by atoms with Crippen molar-refractivity contribution >= 4 is 34.4 Å². The molecule has 0 spiro atoms. The lowest BCUT2D eigenvalue weighted by Gasteiger charge is -2.11. The van der Waals surface area contributed by atoms with Crippen molar-refractivity contribution in [1.82, 2.24) is 0 Å². The van der Waals surface area contributed by atoms with Crippen molar-refractivity contribution in [2.24, 2.45) is 0 Å². The molecule has 0 saturated heterocycles. The van der Waals surface area contributed by atoms with Gasteiger partial charge in [0.1, 0.15) is 0 Å². The highest BCUT2D eigenvalue weighted by atomic mass is 16.6. The fourth-order valence-corrected chi connectivity index (χ4v) is 2.13. The molecule has 2 rings (SSSR count). The van der Waals surface area contributed by atoms with Crippen LogP contribution in [0.25, 0.3) is 0 Å². The molecule has 0 fully saturated rings. The lowest BCUT2D eigenvalue weighted by Crippen LogP contribution is -2.08. The predicted octanol–water partition coefficient (Wildman–Crippen LogP) is 2.94. The van der Waals surface area contributed by atoms with Crippen molar-refractivity contribution in [1.29, 1.82) is 0 Å². The minimum absolute atomic E-state index is 0.000553. The second-order valence-corrected chi connectivity index (χ2v) is 4.79. The van der Waals surface area contributed by atoms with Gasteiger partial charge in [-0.05, 0) is 12.1 Å². The van der Waals surface area contributed by atoms with E-state index >= 15 is 0 Å². The number of hydrogen-bond donors (Lipinski definition) is 1. The van der Waals surface area contributed by atoms with Crippen LogP contribution in [0.1, 0.15) is 10.4 Å². The molecule has 0 amide bonds. The van der Waals surface area contributed by atoms with E-state index in [-0.39, 0.29) is 11.3 Å². The van der Waals surface area contributed by atoms with Crippen LogP contribution in [0.15, 0.2) is 36.4 Å². The number of carbonyl (C=O) groups excluding carboxylic acids is 1. The van der Waals surface area contributed by atoms with E-state index in [0.29, 0.717) is 12.1 Å². The smallest absolute Gasteiger partial charge is 0.339 e. The van der Waals surface area contributed by atoms with Crippen molar-refractivity contribution in [3.63, 3.8) is 0 Å². The Balaban J connectivity index is 2.70. The van der Waals surface area contributed by atoms with Crippen LogP contribution < -0.4 is 5.32 Å². The minimum Gasteiger partial charge on any atom is -0.465 e. The van der Waals surface area contributed by atoms with Gasteiger partial charge in [-0.1, -0.05) is 12.1 Å². The van der Waals surface area contributed by atoms with Gasteiger partial charge in [0.2, 0.25) is 0 Å². The quantitative estimate of drug-likeness (QED) is 0.461. The standard InChI is InChI=1S/C14H10N4O8/c1-26-14(19)9-4-2-3-5-10(9)15-13-11(17(22)23)6-8(16(20)21)7-12(13)18(24)25/h2-7,15H,1H3. The molecule has 0 unspecified atom stereocenters. The number of nitrogens with zero attached hydrogens (tertiary/aromatic N) is 3. The molecule has 134 valence electrons. The van der Waals surface area contributed by atoms with Gasteiger partial charge in [0.15, 0.2) is 5.69 Å². The first-order valence-corrected chi connectivity index (χ1v) is 6.81. The first-order chi connectivity index (χ1) is 12.3. The van der Waals surface area contributed by atoms with Gasteiger partial charge in [-0.3, -0.25) is 30.3 Å². The number of methoxy groups -OCH3 is 1. The van der Waals surface area contributed by atoms with Gasteiger partial charge < -0.3 is 10.1 Å². The van der Waals surface area contributed by atoms with Gasteiger partial charge in [0.25, 0.3) is 5.69 Å². The van der Waals surface area contributed by atoms with Gasteiger partial charge in [0, 0.05) is 0 Å². The summed E-state index contributed by atoms with van der Waals surface area (Å²) in [7, 11) is 1.12. The first-order valence-electron chi connectivity index (χ1n) is 6.81. The number of nitro groups is 3. The Hall–Kier alpha value is -4.09. The van der Waals surface area contributed by atoms with Gasteiger partial charge in [0.05, 0.1) is 45.3 Å². The van der Waals surface area contributed by atoms with Crippen LogP contribution in [0.3, 0.4) is 0 Å². The molecule has 0 aliphatic heterocycles. The normalized spacial score (nSPS) is 10.0.